The predicted molar refractivity (Wildman–Crippen MR) is 91.9 cm³/mol. The van der Waals surface area contributed by atoms with Gasteiger partial charge in [0.15, 0.2) is 0 Å². The van der Waals surface area contributed by atoms with Gasteiger partial charge in [0.1, 0.15) is 0 Å². The van der Waals surface area contributed by atoms with Crippen LogP contribution in [0, 0.1) is 6.92 Å². The standard InChI is InChI=1S/C18H23NO3S/c1-15-5-2-3-7-18(15)23(21,22)19-13-12-17-10-8-16(9-11-17)6-4-14-20/h2-3,5,7-11,19-20H,4,6,12-14H2,1H3. The SMILES string of the molecule is Cc1ccccc1S(=O)(=O)NCCc1ccc(CCCO)cc1. The minimum atomic E-state index is -3.46. The van der Waals surface area contributed by atoms with Gasteiger partial charge in [-0.2, -0.15) is 0 Å². The number of hydrogen-bond donors (Lipinski definition) is 2. The van der Waals surface area contributed by atoms with Crippen LogP contribution in [0.1, 0.15) is 23.1 Å². The van der Waals surface area contributed by atoms with Crippen molar-refractivity contribution in [3.63, 3.8) is 0 Å². The van der Waals surface area contributed by atoms with E-state index >= 15 is 0 Å². The van der Waals surface area contributed by atoms with Crippen LogP contribution in [0.4, 0.5) is 0 Å². The molecule has 2 aromatic carbocycles. The molecule has 0 aliphatic heterocycles. The molecule has 0 aliphatic rings. The number of sulfonamides is 1. The Morgan fingerprint density at radius 2 is 1.57 bits per heavy atom. The summed E-state index contributed by atoms with van der Waals surface area (Å²) in [5, 5.41) is 8.82. The zero-order valence-electron chi connectivity index (χ0n) is 13.3. The minimum absolute atomic E-state index is 0.197. The Labute approximate surface area is 138 Å². The summed E-state index contributed by atoms with van der Waals surface area (Å²) in [7, 11) is -3.46. The fraction of sp³-hybridized carbons (Fsp3) is 0.333. The minimum Gasteiger partial charge on any atom is -0.396 e. The first-order valence-electron chi connectivity index (χ1n) is 7.77. The summed E-state index contributed by atoms with van der Waals surface area (Å²) in [5.74, 6) is 0. The molecule has 2 N–H and O–H groups in total. The molecule has 0 spiro atoms. The van der Waals surface area contributed by atoms with Gasteiger partial charge < -0.3 is 5.11 Å². The van der Waals surface area contributed by atoms with Gasteiger partial charge in [-0.25, -0.2) is 13.1 Å². The van der Waals surface area contributed by atoms with Gasteiger partial charge in [-0.3, -0.25) is 0 Å². The van der Waals surface area contributed by atoms with Crippen molar-refractivity contribution in [2.75, 3.05) is 13.2 Å². The molecule has 0 saturated heterocycles. The fourth-order valence-corrected chi connectivity index (χ4v) is 3.70. The van der Waals surface area contributed by atoms with E-state index in [1.165, 1.54) is 5.56 Å². The Balaban J connectivity index is 1.90. The largest absolute Gasteiger partial charge is 0.396 e. The van der Waals surface area contributed by atoms with Crippen LogP contribution in [0.3, 0.4) is 0 Å². The van der Waals surface area contributed by atoms with E-state index in [0.717, 1.165) is 24.0 Å². The summed E-state index contributed by atoms with van der Waals surface area (Å²) < 4.78 is 27.2. The Bertz CT molecular complexity index is 724. The Morgan fingerprint density at radius 1 is 0.957 bits per heavy atom. The Hall–Kier alpha value is -1.69. The average molecular weight is 333 g/mol. The van der Waals surface area contributed by atoms with Crippen molar-refractivity contribution < 1.29 is 13.5 Å². The van der Waals surface area contributed by atoms with E-state index in [9.17, 15) is 8.42 Å². The highest BCUT2D eigenvalue weighted by molar-refractivity contribution is 7.89. The molecular weight excluding hydrogens is 310 g/mol. The van der Waals surface area contributed by atoms with Crippen molar-refractivity contribution in [2.45, 2.75) is 31.1 Å². The number of rotatable bonds is 8. The number of nitrogens with one attached hydrogen (secondary N) is 1. The second kappa shape index (κ2) is 8.24. The molecule has 0 atom stereocenters. The first-order chi connectivity index (χ1) is 11.0. The molecular formula is C18H23NO3S. The lowest BCUT2D eigenvalue weighted by atomic mass is 10.1. The van der Waals surface area contributed by atoms with Crippen LogP contribution >= 0.6 is 0 Å². The second-order valence-corrected chi connectivity index (χ2v) is 7.29. The van der Waals surface area contributed by atoms with E-state index in [1.54, 1.807) is 25.1 Å². The van der Waals surface area contributed by atoms with E-state index in [2.05, 4.69) is 4.72 Å². The van der Waals surface area contributed by atoms with Crippen LogP contribution in [0.15, 0.2) is 53.4 Å². The number of aryl methyl sites for hydroxylation is 2. The third-order valence-electron chi connectivity index (χ3n) is 3.74. The first kappa shape index (κ1) is 17.7. The number of hydrogen-bond acceptors (Lipinski definition) is 3. The number of aliphatic hydroxyl groups is 1. The van der Waals surface area contributed by atoms with E-state index in [1.807, 2.05) is 30.3 Å². The first-order valence-corrected chi connectivity index (χ1v) is 9.25. The van der Waals surface area contributed by atoms with Crippen LogP contribution < -0.4 is 4.72 Å². The van der Waals surface area contributed by atoms with E-state index in [0.29, 0.717) is 17.9 Å². The van der Waals surface area contributed by atoms with E-state index in [-0.39, 0.29) is 6.61 Å². The lowest BCUT2D eigenvalue weighted by Crippen LogP contribution is -2.26. The van der Waals surface area contributed by atoms with Gasteiger partial charge in [0, 0.05) is 13.2 Å². The van der Waals surface area contributed by atoms with Gasteiger partial charge >= 0.3 is 0 Å². The molecule has 0 fully saturated rings. The van der Waals surface area contributed by atoms with Crippen LogP contribution in [0.2, 0.25) is 0 Å². The maximum Gasteiger partial charge on any atom is 0.240 e. The lowest BCUT2D eigenvalue weighted by molar-refractivity contribution is 0.288. The van der Waals surface area contributed by atoms with Crippen molar-refractivity contribution in [3.8, 4) is 0 Å². The molecule has 0 heterocycles. The molecule has 0 amide bonds. The van der Waals surface area contributed by atoms with Crippen molar-refractivity contribution in [1.29, 1.82) is 0 Å². The topological polar surface area (TPSA) is 66.4 Å². The maximum atomic E-state index is 12.3. The lowest BCUT2D eigenvalue weighted by Gasteiger charge is -2.09. The molecule has 0 aromatic heterocycles. The quantitative estimate of drug-likeness (QED) is 0.780. The summed E-state index contributed by atoms with van der Waals surface area (Å²) in [5.41, 5.74) is 3.02. The van der Waals surface area contributed by atoms with Crippen molar-refractivity contribution in [3.05, 3.63) is 65.2 Å². The number of benzene rings is 2. The highest BCUT2D eigenvalue weighted by Crippen LogP contribution is 2.14. The van der Waals surface area contributed by atoms with Gasteiger partial charge in [0.05, 0.1) is 4.90 Å². The van der Waals surface area contributed by atoms with Crippen LogP contribution in [0.25, 0.3) is 0 Å². The zero-order chi connectivity index (χ0) is 16.7. The van der Waals surface area contributed by atoms with Gasteiger partial charge in [0.25, 0.3) is 0 Å². The van der Waals surface area contributed by atoms with Gasteiger partial charge in [0.2, 0.25) is 10.0 Å². The van der Waals surface area contributed by atoms with Crippen LogP contribution in [-0.2, 0) is 22.9 Å². The van der Waals surface area contributed by atoms with Crippen LogP contribution in [-0.4, -0.2) is 26.7 Å². The van der Waals surface area contributed by atoms with Gasteiger partial charge in [-0.1, -0.05) is 42.5 Å². The predicted octanol–water partition coefficient (Wildman–Crippen LogP) is 2.44. The monoisotopic (exact) mass is 333 g/mol. The van der Waals surface area contributed by atoms with E-state index in [4.69, 9.17) is 5.11 Å². The fourth-order valence-electron chi connectivity index (χ4n) is 2.42. The van der Waals surface area contributed by atoms with Gasteiger partial charge in [-0.15, -0.1) is 0 Å². The molecule has 0 unspecified atom stereocenters. The molecule has 124 valence electrons. The maximum absolute atomic E-state index is 12.3. The van der Waals surface area contributed by atoms with Gasteiger partial charge in [-0.05, 0) is 48.9 Å². The summed E-state index contributed by atoms with van der Waals surface area (Å²) in [6.07, 6.45) is 2.26. The summed E-state index contributed by atoms with van der Waals surface area (Å²) in [6, 6.07) is 15.0. The Kier molecular flexibility index (Phi) is 6.33. The Morgan fingerprint density at radius 3 is 2.17 bits per heavy atom. The molecule has 0 aliphatic carbocycles. The average Bonchev–Trinajstić information content (AvgIpc) is 2.54. The number of aliphatic hydroxyl groups excluding tert-OH is 1. The third-order valence-corrected chi connectivity index (χ3v) is 5.36. The summed E-state index contributed by atoms with van der Waals surface area (Å²) in [6.45, 7) is 2.36. The van der Waals surface area contributed by atoms with E-state index < -0.39 is 10.0 Å². The molecule has 0 saturated carbocycles. The normalized spacial score (nSPS) is 11.6. The molecule has 5 heteroatoms. The molecule has 0 bridgehead atoms. The highest BCUT2D eigenvalue weighted by atomic mass is 32.2. The summed E-state index contributed by atoms with van der Waals surface area (Å²) in [4.78, 5) is 0.333. The molecule has 2 aromatic rings. The molecule has 0 radical (unpaired) electrons. The molecule has 23 heavy (non-hydrogen) atoms. The second-order valence-electron chi connectivity index (χ2n) is 5.56. The summed E-state index contributed by atoms with van der Waals surface area (Å²) >= 11 is 0. The van der Waals surface area contributed by atoms with Crippen molar-refractivity contribution in [1.82, 2.24) is 4.72 Å². The highest BCUT2D eigenvalue weighted by Gasteiger charge is 2.15. The van der Waals surface area contributed by atoms with Crippen LogP contribution in [0.5, 0.6) is 0 Å². The molecule has 2 rings (SSSR count). The van der Waals surface area contributed by atoms with Crippen molar-refractivity contribution >= 4 is 10.0 Å². The molecule has 4 nitrogen and oxygen atoms in total. The van der Waals surface area contributed by atoms with Crippen molar-refractivity contribution in [2.24, 2.45) is 0 Å². The third kappa shape index (κ3) is 5.16. The smallest absolute Gasteiger partial charge is 0.240 e. The zero-order valence-corrected chi connectivity index (χ0v) is 14.1.